The predicted octanol–water partition coefficient (Wildman–Crippen LogP) is 4.34. The first-order valence-corrected chi connectivity index (χ1v) is 9.13. The monoisotopic (exact) mass is 389 g/mol. The lowest BCUT2D eigenvalue weighted by Gasteiger charge is -2.27. The third-order valence-corrected chi connectivity index (χ3v) is 4.76. The quantitative estimate of drug-likeness (QED) is 0.510. The molecule has 0 saturated heterocycles. The van der Waals surface area contributed by atoms with Crippen LogP contribution in [0.15, 0.2) is 67.4 Å². The van der Waals surface area contributed by atoms with Gasteiger partial charge in [0.1, 0.15) is 23.3 Å². The molecule has 0 fully saturated rings. The number of halogens is 1. The fourth-order valence-corrected chi connectivity index (χ4v) is 2.99. The Morgan fingerprint density at radius 3 is 2.55 bits per heavy atom. The summed E-state index contributed by atoms with van der Waals surface area (Å²) in [7, 11) is 1.96. The summed E-state index contributed by atoms with van der Waals surface area (Å²) < 4.78 is 13.3. The molecule has 0 radical (unpaired) electrons. The number of hydrogen-bond acceptors (Lipinski definition) is 6. The molecule has 0 aliphatic rings. The van der Waals surface area contributed by atoms with Crippen LogP contribution in [0.1, 0.15) is 18.5 Å². The van der Waals surface area contributed by atoms with Gasteiger partial charge in [0, 0.05) is 31.2 Å². The normalized spacial score (nSPS) is 11.8. The van der Waals surface area contributed by atoms with Gasteiger partial charge in [0.2, 0.25) is 0 Å². The third kappa shape index (κ3) is 4.21. The summed E-state index contributed by atoms with van der Waals surface area (Å²) in [5, 5.41) is 10.1. The van der Waals surface area contributed by atoms with Crippen LogP contribution in [0, 0.1) is 5.82 Å². The minimum atomic E-state index is -0.251. The molecule has 3 heterocycles. The fourth-order valence-electron chi connectivity index (χ4n) is 2.99. The maximum atomic E-state index is 13.3. The van der Waals surface area contributed by atoms with Gasteiger partial charge >= 0.3 is 0 Å². The minimum absolute atomic E-state index is 0.00735. The molecule has 4 aromatic rings. The molecular weight excluding hydrogens is 369 g/mol. The van der Waals surface area contributed by atoms with Crippen LogP contribution < -0.4 is 10.2 Å². The predicted molar refractivity (Wildman–Crippen MR) is 110 cm³/mol. The molecule has 0 spiro atoms. The zero-order chi connectivity index (χ0) is 20.2. The molecular formula is C21H20FN7. The van der Waals surface area contributed by atoms with Crippen molar-refractivity contribution in [2.45, 2.75) is 13.0 Å². The van der Waals surface area contributed by atoms with E-state index in [1.807, 2.05) is 30.3 Å². The molecule has 2 N–H and O–H groups in total. The maximum Gasteiger partial charge on any atom is 0.150 e. The highest BCUT2D eigenvalue weighted by molar-refractivity contribution is 5.71. The average molecular weight is 389 g/mol. The van der Waals surface area contributed by atoms with Crippen LogP contribution in [0.3, 0.4) is 0 Å². The second-order valence-electron chi connectivity index (χ2n) is 6.64. The van der Waals surface area contributed by atoms with Crippen LogP contribution in [0.25, 0.3) is 11.1 Å². The van der Waals surface area contributed by atoms with Gasteiger partial charge in [0.05, 0.1) is 18.4 Å². The standard InChI is InChI=1S/C21H20FN7/c1-14(15-3-5-18(22)6-4-15)29(2)21-10-16(17-11-25-26-12-17)9-19(28-21)27-20-13-23-7-8-24-20/h3-14H,1-2H3,(H,25,26)(H,24,27,28)/t14-/m0/s1. The van der Waals surface area contributed by atoms with Crippen molar-refractivity contribution >= 4 is 17.5 Å². The molecule has 0 saturated carbocycles. The van der Waals surface area contributed by atoms with E-state index in [4.69, 9.17) is 4.98 Å². The van der Waals surface area contributed by atoms with Crippen molar-refractivity contribution in [2.75, 3.05) is 17.3 Å². The lowest BCUT2D eigenvalue weighted by molar-refractivity contribution is 0.625. The van der Waals surface area contributed by atoms with Gasteiger partial charge in [-0.3, -0.25) is 10.1 Å². The zero-order valence-electron chi connectivity index (χ0n) is 16.0. The van der Waals surface area contributed by atoms with E-state index in [9.17, 15) is 4.39 Å². The SMILES string of the molecule is C[C@@H](c1ccc(F)cc1)N(C)c1cc(-c2cn[nH]c2)cc(Nc2cnccn2)n1. The number of nitrogens with one attached hydrogen (secondary N) is 2. The molecule has 3 aromatic heterocycles. The Hall–Kier alpha value is -3.81. The highest BCUT2D eigenvalue weighted by Gasteiger charge is 2.16. The first-order chi connectivity index (χ1) is 14.1. The summed E-state index contributed by atoms with van der Waals surface area (Å²) >= 11 is 0. The summed E-state index contributed by atoms with van der Waals surface area (Å²) in [6, 6.07) is 10.4. The molecule has 29 heavy (non-hydrogen) atoms. The van der Waals surface area contributed by atoms with Crippen molar-refractivity contribution in [3.8, 4) is 11.1 Å². The van der Waals surface area contributed by atoms with Gasteiger partial charge in [-0.25, -0.2) is 14.4 Å². The third-order valence-electron chi connectivity index (χ3n) is 4.76. The molecule has 0 unspecified atom stereocenters. The zero-order valence-corrected chi connectivity index (χ0v) is 16.0. The largest absolute Gasteiger partial charge is 0.353 e. The van der Waals surface area contributed by atoms with Crippen molar-refractivity contribution in [3.63, 3.8) is 0 Å². The van der Waals surface area contributed by atoms with Crippen LogP contribution in [-0.4, -0.2) is 32.2 Å². The van der Waals surface area contributed by atoms with Crippen LogP contribution in [0.2, 0.25) is 0 Å². The summed E-state index contributed by atoms with van der Waals surface area (Å²) in [5.74, 6) is 1.74. The Kier molecular flexibility index (Phi) is 5.15. The van der Waals surface area contributed by atoms with Crippen molar-refractivity contribution in [3.05, 3.63) is 78.8 Å². The minimum Gasteiger partial charge on any atom is -0.353 e. The van der Waals surface area contributed by atoms with E-state index in [-0.39, 0.29) is 11.9 Å². The molecule has 1 atom stereocenters. The van der Waals surface area contributed by atoms with Crippen LogP contribution in [0.4, 0.5) is 21.8 Å². The number of anilines is 3. The number of aromatic nitrogens is 5. The second-order valence-corrected chi connectivity index (χ2v) is 6.64. The van der Waals surface area contributed by atoms with E-state index < -0.39 is 0 Å². The van der Waals surface area contributed by atoms with Gasteiger partial charge in [-0.1, -0.05) is 12.1 Å². The molecule has 4 rings (SSSR count). The lowest BCUT2D eigenvalue weighted by Crippen LogP contribution is -2.23. The molecule has 1 aromatic carbocycles. The van der Waals surface area contributed by atoms with E-state index in [1.54, 1.807) is 36.9 Å². The van der Waals surface area contributed by atoms with Crippen LogP contribution in [-0.2, 0) is 0 Å². The van der Waals surface area contributed by atoms with Crippen molar-refractivity contribution < 1.29 is 4.39 Å². The highest BCUT2D eigenvalue weighted by Crippen LogP contribution is 2.30. The Morgan fingerprint density at radius 2 is 1.86 bits per heavy atom. The molecule has 0 aliphatic carbocycles. The fraction of sp³-hybridized carbons (Fsp3) is 0.143. The second kappa shape index (κ2) is 8.05. The van der Waals surface area contributed by atoms with Crippen molar-refractivity contribution in [2.24, 2.45) is 0 Å². The van der Waals surface area contributed by atoms with E-state index in [2.05, 4.69) is 32.4 Å². The van der Waals surface area contributed by atoms with Gasteiger partial charge in [0.15, 0.2) is 0 Å². The summed E-state index contributed by atoms with van der Waals surface area (Å²) in [4.78, 5) is 15.1. The molecule has 7 nitrogen and oxygen atoms in total. The number of pyridine rings is 1. The van der Waals surface area contributed by atoms with Gasteiger partial charge < -0.3 is 10.2 Å². The first-order valence-electron chi connectivity index (χ1n) is 9.13. The molecule has 8 heteroatoms. The highest BCUT2D eigenvalue weighted by atomic mass is 19.1. The van der Waals surface area contributed by atoms with Gasteiger partial charge in [0.25, 0.3) is 0 Å². The Bertz CT molecular complexity index is 1070. The van der Waals surface area contributed by atoms with Crippen LogP contribution in [0.5, 0.6) is 0 Å². The number of rotatable bonds is 6. The number of benzene rings is 1. The summed E-state index contributed by atoms with van der Waals surface area (Å²) in [6.45, 7) is 2.05. The maximum absolute atomic E-state index is 13.3. The van der Waals surface area contributed by atoms with E-state index in [1.165, 1.54) is 12.1 Å². The average Bonchev–Trinajstić information content (AvgIpc) is 3.29. The molecule has 0 amide bonds. The van der Waals surface area contributed by atoms with Crippen molar-refractivity contribution in [1.29, 1.82) is 0 Å². The van der Waals surface area contributed by atoms with Gasteiger partial charge in [-0.15, -0.1) is 0 Å². The topological polar surface area (TPSA) is 82.6 Å². The molecule has 0 aliphatic heterocycles. The first kappa shape index (κ1) is 18.5. The number of hydrogen-bond donors (Lipinski definition) is 2. The van der Waals surface area contributed by atoms with E-state index >= 15 is 0 Å². The smallest absolute Gasteiger partial charge is 0.150 e. The van der Waals surface area contributed by atoms with Gasteiger partial charge in [-0.2, -0.15) is 5.10 Å². The van der Waals surface area contributed by atoms with Crippen molar-refractivity contribution in [1.82, 2.24) is 25.1 Å². The molecule has 146 valence electrons. The van der Waals surface area contributed by atoms with E-state index in [0.717, 1.165) is 22.5 Å². The Balaban J connectivity index is 1.70. The number of nitrogens with zero attached hydrogens (tertiary/aromatic N) is 5. The summed E-state index contributed by atoms with van der Waals surface area (Å²) in [6.07, 6.45) is 8.45. The number of aromatic amines is 1. The number of H-pyrrole nitrogens is 1. The van der Waals surface area contributed by atoms with Crippen LogP contribution >= 0.6 is 0 Å². The lowest BCUT2D eigenvalue weighted by atomic mass is 10.1. The summed E-state index contributed by atoms with van der Waals surface area (Å²) in [5.41, 5.74) is 2.89. The Labute approximate surface area is 167 Å². The van der Waals surface area contributed by atoms with Gasteiger partial charge in [-0.05, 0) is 42.3 Å². The Morgan fingerprint density at radius 1 is 1.03 bits per heavy atom. The van der Waals surface area contributed by atoms with E-state index in [0.29, 0.717) is 11.6 Å². The molecule has 0 bridgehead atoms.